The normalized spacial score (nSPS) is 13.7. The van der Waals surface area contributed by atoms with Gasteiger partial charge in [0.25, 0.3) is 0 Å². The average Bonchev–Trinajstić information content (AvgIpc) is 3.58. The van der Waals surface area contributed by atoms with E-state index in [1.54, 1.807) is 6.20 Å². The molecular weight excluding hydrogens is 451 g/mol. The average molecular weight is 483 g/mol. The summed E-state index contributed by atoms with van der Waals surface area (Å²) in [5.74, 6) is 0.333. The lowest BCUT2D eigenvalue weighted by Crippen LogP contribution is -2.04. The van der Waals surface area contributed by atoms with Gasteiger partial charge in [0, 0.05) is 12.1 Å². The smallest absolute Gasteiger partial charge is 0.305 e. The number of nitrogens with one attached hydrogen (secondary N) is 1. The summed E-state index contributed by atoms with van der Waals surface area (Å²) in [7, 11) is 1.41. The summed E-state index contributed by atoms with van der Waals surface area (Å²) < 4.78 is 26.7. The molecule has 2 aromatic heterocycles. The zero-order valence-corrected chi connectivity index (χ0v) is 20.0. The van der Waals surface area contributed by atoms with Crippen LogP contribution < -0.4 is 10.1 Å². The number of nitrogens with zero attached hydrogens (tertiary/aromatic N) is 5. The minimum atomic E-state index is -0.539. The van der Waals surface area contributed by atoms with E-state index >= 15 is 0 Å². The number of ether oxygens (including phenoxy) is 2. The third kappa shape index (κ3) is 6.97. The second kappa shape index (κ2) is 12.2. The van der Waals surface area contributed by atoms with E-state index in [2.05, 4.69) is 30.3 Å². The zero-order chi connectivity index (χ0) is 24.5. The Bertz CT molecular complexity index is 1100. The van der Waals surface area contributed by atoms with Gasteiger partial charge in [-0.1, -0.05) is 30.9 Å². The summed E-state index contributed by atoms with van der Waals surface area (Å²) in [6, 6.07) is 7.75. The molecule has 3 aromatic rings. The molecule has 10 heteroatoms. The summed E-state index contributed by atoms with van der Waals surface area (Å²) in [6.45, 7) is 0.608. The van der Waals surface area contributed by atoms with Gasteiger partial charge in [0.15, 0.2) is 5.82 Å². The Hall–Kier alpha value is -3.56. The molecule has 2 heterocycles. The highest BCUT2D eigenvalue weighted by Gasteiger charge is 2.20. The van der Waals surface area contributed by atoms with E-state index in [4.69, 9.17) is 4.74 Å². The molecule has 0 atom stereocenters. The lowest BCUT2D eigenvalue weighted by Gasteiger charge is -2.09. The van der Waals surface area contributed by atoms with Gasteiger partial charge in [-0.2, -0.15) is 0 Å². The molecule has 0 aliphatic heterocycles. The molecule has 1 saturated carbocycles. The quantitative estimate of drug-likeness (QED) is 0.276. The van der Waals surface area contributed by atoms with Crippen LogP contribution in [0.2, 0.25) is 0 Å². The Kier molecular flexibility index (Phi) is 8.58. The molecule has 0 radical (unpaired) electrons. The lowest BCUT2D eigenvalue weighted by atomic mass is 10.1. The first kappa shape index (κ1) is 24.6. The second-order valence-corrected chi connectivity index (χ2v) is 8.65. The number of benzene rings is 1. The van der Waals surface area contributed by atoms with Gasteiger partial charge in [-0.3, -0.25) is 4.79 Å². The molecule has 1 N–H and O–H groups in total. The first-order valence-corrected chi connectivity index (χ1v) is 12.1. The van der Waals surface area contributed by atoms with Crippen LogP contribution in [0.4, 0.5) is 16.0 Å². The van der Waals surface area contributed by atoms with Crippen LogP contribution in [-0.4, -0.2) is 44.6 Å². The van der Waals surface area contributed by atoms with Crippen molar-refractivity contribution in [3.8, 4) is 17.1 Å². The van der Waals surface area contributed by atoms with Crippen LogP contribution >= 0.6 is 0 Å². The van der Waals surface area contributed by atoms with Crippen molar-refractivity contribution in [2.45, 2.75) is 63.8 Å². The summed E-state index contributed by atoms with van der Waals surface area (Å²) in [5, 5.41) is 11.4. The number of hydrogen-bond acceptors (Lipinski definition) is 8. The van der Waals surface area contributed by atoms with Gasteiger partial charge >= 0.3 is 5.97 Å². The molecule has 0 bridgehead atoms. The first-order valence-electron chi connectivity index (χ1n) is 12.1. The number of halogens is 1. The maximum atomic E-state index is 14.4. The van der Waals surface area contributed by atoms with Crippen molar-refractivity contribution in [3.63, 3.8) is 0 Å². The molecule has 0 amide bonds. The predicted octanol–water partition coefficient (Wildman–Crippen LogP) is 5.24. The SMILES string of the molecule is COC(=O)CCCCCCOc1ccc(Nc2ncc(F)c(-c3cn(C4CCCC4)nn3)n2)cc1. The van der Waals surface area contributed by atoms with Crippen LogP contribution in [0, 0.1) is 5.82 Å². The Balaban J connectivity index is 1.27. The highest BCUT2D eigenvalue weighted by molar-refractivity contribution is 5.69. The van der Waals surface area contributed by atoms with Crippen LogP contribution in [0.15, 0.2) is 36.7 Å². The Labute approximate surface area is 204 Å². The summed E-state index contributed by atoms with van der Waals surface area (Å²) in [5.41, 5.74) is 1.28. The van der Waals surface area contributed by atoms with Crippen LogP contribution in [-0.2, 0) is 9.53 Å². The third-order valence-electron chi connectivity index (χ3n) is 6.08. The highest BCUT2D eigenvalue weighted by atomic mass is 19.1. The molecule has 1 aliphatic rings. The second-order valence-electron chi connectivity index (χ2n) is 8.65. The van der Waals surface area contributed by atoms with E-state index in [9.17, 15) is 9.18 Å². The van der Waals surface area contributed by atoms with Crippen molar-refractivity contribution in [1.29, 1.82) is 0 Å². The van der Waals surface area contributed by atoms with Crippen molar-refractivity contribution in [2.75, 3.05) is 19.0 Å². The van der Waals surface area contributed by atoms with Gasteiger partial charge in [0.2, 0.25) is 5.95 Å². The fourth-order valence-corrected chi connectivity index (χ4v) is 4.12. The minimum Gasteiger partial charge on any atom is -0.494 e. The Morgan fingerprint density at radius 3 is 2.69 bits per heavy atom. The maximum absolute atomic E-state index is 14.4. The fourth-order valence-electron chi connectivity index (χ4n) is 4.12. The fraction of sp³-hybridized carbons (Fsp3) is 0.480. The molecule has 1 aliphatic carbocycles. The minimum absolute atomic E-state index is 0.123. The molecule has 35 heavy (non-hydrogen) atoms. The van der Waals surface area contributed by atoms with E-state index in [1.807, 2.05) is 28.9 Å². The molecule has 9 nitrogen and oxygen atoms in total. The molecule has 1 aromatic carbocycles. The van der Waals surface area contributed by atoms with Crippen LogP contribution in [0.25, 0.3) is 11.4 Å². The Morgan fingerprint density at radius 2 is 1.91 bits per heavy atom. The standard InChI is InChI=1S/C25H31FN6O3/c1-34-23(33)10-4-2-3-7-15-35-20-13-11-18(12-14-20)28-25-27-16-21(26)24(29-25)22-17-32(31-30-22)19-8-5-6-9-19/h11-14,16-17,19H,2-10,15H2,1H3,(H,27,28,29). The highest BCUT2D eigenvalue weighted by Crippen LogP contribution is 2.30. The summed E-state index contributed by atoms with van der Waals surface area (Å²) in [6.07, 6.45) is 11.6. The van der Waals surface area contributed by atoms with Crippen molar-refractivity contribution in [2.24, 2.45) is 0 Å². The molecule has 0 saturated heterocycles. The van der Waals surface area contributed by atoms with Gasteiger partial charge in [-0.05, 0) is 49.9 Å². The van der Waals surface area contributed by atoms with Gasteiger partial charge < -0.3 is 14.8 Å². The lowest BCUT2D eigenvalue weighted by molar-refractivity contribution is -0.140. The summed E-state index contributed by atoms with van der Waals surface area (Å²) >= 11 is 0. The number of anilines is 2. The first-order chi connectivity index (χ1) is 17.1. The van der Waals surface area contributed by atoms with Gasteiger partial charge in [-0.15, -0.1) is 5.10 Å². The van der Waals surface area contributed by atoms with E-state index in [0.29, 0.717) is 24.8 Å². The number of methoxy groups -OCH3 is 1. The van der Waals surface area contributed by atoms with Gasteiger partial charge in [0.1, 0.15) is 17.1 Å². The zero-order valence-electron chi connectivity index (χ0n) is 20.0. The molecule has 186 valence electrons. The number of hydrogen-bond donors (Lipinski definition) is 1. The maximum Gasteiger partial charge on any atom is 0.305 e. The number of aromatic nitrogens is 5. The largest absolute Gasteiger partial charge is 0.494 e. The molecule has 0 spiro atoms. The molecular formula is C25H31FN6O3. The topological polar surface area (TPSA) is 104 Å². The Morgan fingerprint density at radius 1 is 1.14 bits per heavy atom. The van der Waals surface area contributed by atoms with E-state index in [1.165, 1.54) is 20.0 Å². The van der Waals surface area contributed by atoms with Crippen molar-refractivity contribution in [1.82, 2.24) is 25.0 Å². The van der Waals surface area contributed by atoms with E-state index in [0.717, 1.165) is 56.2 Å². The molecule has 0 unspecified atom stereocenters. The number of carbonyl (C=O) groups excluding carboxylic acids is 1. The third-order valence-corrected chi connectivity index (χ3v) is 6.08. The van der Waals surface area contributed by atoms with E-state index in [-0.39, 0.29) is 17.6 Å². The van der Waals surface area contributed by atoms with Crippen LogP contribution in [0.3, 0.4) is 0 Å². The van der Waals surface area contributed by atoms with Gasteiger partial charge in [0.05, 0.1) is 32.2 Å². The number of unbranched alkanes of at least 4 members (excludes halogenated alkanes) is 3. The summed E-state index contributed by atoms with van der Waals surface area (Å²) in [4.78, 5) is 19.5. The van der Waals surface area contributed by atoms with Crippen molar-refractivity contribution < 1.29 is 18.7 Å². The van der Waals surface area contributed by atoms with Crippen molar-refractivity contribution in [3.05, 3.63) is 42.5 Å². The van der Waals surface area contributed by atoms with E-state index < -0.39 is 5.82 Å². The van der Waals surface area contributed by atoms with Crippen LogP contribution in [0.1, 0.15) is 63.8 Å². The molecule has 1 fully saturated rings. The molecule has 4 rings (SSSR count). The number of esters is 1. The number of carbonyl (C=O) groups is 1. The van der Waals surface area contributed by atoms with Crippen molar-refractivity contribution >= 4 is 17.6 Å². The van der Waals surface area contributed by atoms with Gasteiger partial charge in [-0.25, -0.2) is 19.0 Å². The predicted molar refractivity (Wildman–Crippen MR) is 129 cm³/mol. The number of rotatable bonds is 12. The van der Waals surface area contributed by atoms with Crippen LogP contribution in [0.5, 0.6) is 5.75 Å². The monoisotopic (exact) mass is 482 g/mol.